The summed E-state index contributed by atoms with van der Waals surface area (Å²) in [4.78, 5) is 0. The number of halogens is 1. The first-order valence-electron chi connectivity index (χ1n) is 5.65. The SMILES string of the molecule is CC.CCC(=N)/C(C)=C/c1ccc(F)cc1. The van der Waals surface area contributed by atoms with Crippen LogP contribution in [0, 0.1) is 11.2 Å². The summed E-state index contributed by atoms with van der Waals surface area (Å²) in [7, 11) is 0. The van der Waals surface area contributed by atoms with E-state index in [-0.39, 0.29) is 5.82 Å². The Morgan fingerprint density at radius 3 is 2.19 bits per heavy atom. The van der Waals surface area contributed by atoms with Gasteiger partial charge in [-0.2, -0.15) is 0 Å². The van der Waals surface area contributed by atoms with Crippen LogP contribution in [-0.2, 0) is 0 Å². The lowest BCUT2D eigenvalue weighted by Crippen LogP contribution is -1.94. The second-order valence-corrected chi connectivity index (χ2v) is 3.21. The zero-order valence-corrected chi connectivity index (χ0v) is 10.5. The standard InChI is InChI=1S/C12H14FN.C2H6/c1-3-12(14)9(2)8-10-4-6-11(13)7-5-10;1-2/h4-8,14H,3H2,1-2H3;1-2H3/b9-8+,14-12?;. The summed E-state index contributed by atoms with van der Waals surface area (Å²) < 4.78 is 12.6. The first-order chi connectivity index (χ1) is 7.63. The van der Waals surface area contributed by atoms with Gasteiger partial charge in [-0.25, -0.2) is 4.39 Å². The average molecular weight is 221 g/mol. The fourth-order valence-corrected chi connectivity index (χ4v) is 1.17. The quantitative estimate of drug-likeness (QED) is 0.716. The molecule has 0 aliphatic rings. The Morgan fingerprint density at radius 1 is 1.25 bits per heavy atom. The fourth-order valence-electron chi connectivity index (χ4n) is 1.17. The van der Waals surface area contributed by atoms with Crippen molar-refractivity contribution in [2.45, 2.75) is 34.1 Å². The van der Waals surface area contributed by atoms with Gasteiger partial charge in [-0.15, -0.1) is 0 Å². The minimum atomic E-state index is -0.231. The molecule has 1 rings (SSSR count). The van der Waals surface area contributed by atoms with Gasteiger partial charge in [-0.3, -0.25) is 0 Å². The van der Waals surface area contributed by atoms with Crippen LogP contribution in [0.2, 0.25) is 0 Å². The summed E-state index contributed by atoms with van der Waals surface area (Å²) >= 11 is 0. The molecule has 0 saturated heterocycles. The number of rotatable bonds is 3. The van der Waals surface area contributed by atoms with Gasteiger partial charge in [-0.05, 0) is 36.6 Å². The molecule has 0 amide bonds. The van der Waals surface area contributed by atoms with Crippen LogP contribution in [0.1, 0.15) is 39.7 Å². The summed E-state index contributed by atoms with van der Waals surface area (Å²) in [6.45, 7) is 7.85. The fraction of sp³-hybridized carbons (Fsp3) is 0.357. The van der Waals surface area contributed by atoms with E-state index in [0.717, 1.165) is 17.6 Å². The van der Waals surface area contributed by atoms with Crippen LogP contribution in [0.3, 0.4) is 0 Å². The van der Waals surface area contributed by atoms with Crippen molar-refractivity contribution in [2.75, 3.05) is 0 Å². The second-order valence-electron chi connectivity index (χ2n) is 3.21. The lowest BCUT2D eigenvalue weighted by atomic mass is 10.1. The zero-order chi connectivity index (χ0) is 12.6. The van der Waals surface area contributed by atoms with E-state index < -0.39 is 0 Å². The third-order valence-electron chi connectivity index (χ3n) is 2.08. The Labute approximate surface area is 97.5 Å². The Morgan fingerprint density at radius 2 is 1.75 bits per heavy atom. The molecular formula is C14H20FN. The zero-order valence-electron chi connectivity index (χ0n) is 10.5. The molecule has 0 spiro atoms. The van der Waals surface area contributed by atoms with Crippen LogP contribution in [0.4, 0.5) is 4.39 Å². The highest BCUT2D eigenvalue weighted by Crippen LogP contribution is 2.09. The Bertz CT molecular complexity index is 350. The van der Waals surface area contributed by atoms with Crippen molar-refractivity contribution in [3.63, 3.8) is 0 Å². The molecule has 1 nitrogen and oxygen atoms in total. The maximum absolute atomic E-state index is 12.6. The van der Waals surface area contributed by atoms with E-state index in [1.54, 1.807) is 12.1 Å². The van der Waals surface area contributed by atoms with Crippen molar-refractivity contribution in [3.05, 3.63) is 41.2 Å². The highest BCUT2D eigenvalue weighted by atomic mass is 19.1. The normalized spacial score (nSPS) is 10.4. The second kappa shape index (κ2) is 7.80. The van der Waals surface area contributed by atoms with E-state index in [0.29, 0.717) is 5.71 Å². The predicted molar refractivity (Wildman–Crippen MR) is 69.4 cm³/mol. The van der Waals surface area contributed by atoms with Crippen molar-refractivity contribution in [2.24, 2.45) is 0 Å². The van der Waals surface area contributed by atoms with Gasteiger partial charge >= 0.3 is 0 Å². The van der Waals surface area contributed by atoms with Crippen LogP contribution >= 0.6 is 0 Å². The molecule has 0 heterocycles. The number of hydrogen-bond acceptors (Lipinski definition) is 1. The summed E-state index contributed by atoms with van der Waals surface area (Å²) in [6, 6.07) is 6.27. The predicted octanol–water partition coefficient (Wildman–Crippen LogP) is 4.68. The van der Waals surface area contributed by atoms with Gasteiger partial charge in [0.05, 0.1) is 0 Å². The third kappa shape index (κ3) is 4.87. The molecule has 16 heavy (non-hydrogen) atoms. The minimum Gasteiger partial charge on any atom is -0.305 e. The van der Waals surface area contributed by atoms with Gasteiger partial charge in [0, 0.05) is 5.71 Å². The van der Waals surface area contributed by atoms with Crippen molar-refractivity contribution in [1.82, 2.24) is 0 Å². The third-order valence-corrected chi connectivity index (χ3v) is 2.08. The van der Waals surface area contributed by atoms with Crippen molar-refractivity contribution >= 4 is 11.8 Å². The Hall–Kier alpha value is -1.44. The van der Waals surface area contributed by atoms with Crippen LogP contribution in [0.25, 0.3) is 6.08 Å². The monoisotopic (exact) mass is 221 g/mol. The molecule has 0 aliphatic carbocycles. The Balaban J connectivity index is 0.00000106. The number of benzene rings is 1. The first-order valence-corrected chi connectivity index (χ1v) is 5.65. The summed E-state index contributed by atoms with van der Waals surface area (Å²) in [5.74, 6) is -0.231. The smallest absolute Gasteiger partial charge is 0.123 e. The van der Waals surface area contributed by atoms with E-state index in [1.165, 1.54) is 12.1 Å². The molecule has 0 bridgehead atoms. The van der Waals surface area contributed by atoms with Gasteiger partial charge in [0.15, 0.2) is 0 Å². The highest BCUT2D eigenvalue weighted by molar-refractivity contribution is 6.00. The summed E-state index contributed by atoms with van der Waals surface area (Å²) in [5, 5.41) is 7.59. The van der Waals surface area contributed by atoms with Crippen molar-refractivity contribution in [1.29, 1.82) is 5.41 Å². The summed E-state index contributed by atoms with van der Waals surface area (Å²) in [5.41, 5.74) is 2.48. The number of nitrogens with one attached hydrogen (secondary N) is 1. The molecule has 0 fully saturated rings. The molecule has 88 valence electrons. The van der Waals surface area contributed by atoms with Gasteiger partial charge in [0.25, 0.3) is 0 Å². The van der Waals surface area contributed by atoms with Gasteiger partial charge in [-0.1, -0.05) is 39.0 Å². The molecule has 0 unspecified atom stereocenters. The van der Waals surface area contributed by atoms with Crippen LogP contribution in [0.5, 0.6) is 0 Å². The number of hydrogen-bond donors (Lipinski definition) is 1. The van der Waals surface area contributed by atoms with E-state index in [2.05, 4.69) is 0 Å². The molecule has 0 aromatic heterocycles. The first kappa shape index (κ1) is 14.6. The van der Waals surface area contributed by atoms with E-state index in [4.69, 9.17) is 5.41 Å². The number of allylic oxidation sites excluding steroid dienone is 1. The molecule has 1 N–H and O–H groups in total. The van der Waals surface area contributed by atoms with Crippen LogP contribution in [-0.4, -0.2) is 5.71 Å². The topological polar surface area (TPSA) is 23.9 Å². The lowest BCUT2D eigenvalue weighted by molar-refractivity contribution is 0.628. The van der Waals surface area contributed by atoms with Crippen LogP contribution < -0.4 is 0 Å². The maximum atomic E-state index is 12.6. The molecule has 0 atom stereocenters. The van der Waals surface area contributed by atoms with Crippen LogP contribution in [0.15, 0.2) is 29.8 Å². The van der Waals surface area contributed by atoms with E-state index in [9.17, 15) is 4.39 Å². The highest BCUT2D eigenvalue weighted by Gasteiger charge is 1.96. The molecule has 2 heteroatoms. The maximum Gasteiger partial charge on any atom is 0.123 e. The molecular weight excluding hydrogens is 201 g/mol. The lowest BCUT2D eigenvalue weighted by Gasteiger charge is -2.00. The molecule has 0 aliphatic heterocycles. The van der Waals surface area contributed by atoms with Crippen molar-refractivity contribution < 1.29 is 4.39 Å². The average Bonchev–Trinajstić information content (AvgIpc) is 2.33. The largest absolute Gasteiger partial charge is 0.305 e. The van der Waals surface area contributed by atoms with Gasteiger partial charge in [0.1, 0.15) is 5.82 Å². The summed E-state index contributed by atoms with van der Waals surface area (Å²) in [6.07, 6.45) is 2.62. The van der Waals surface area contributed by atoms with Crippen molar-refractivity contribution in [3.8, 4) is 0 Å². The van der Waals surface area contributed by atoms with Gasteiger partial charge in [0.2, 0.25) is 0 Å². The van der Waals surface area contributed by atoms with Gasteiger partial charge < -0.3 is 5.41 Å². The molecule has 1 aromatic rings. The van der Waals surface area contributed by atoms with E-state index in [1.807, 2.05) is 33.8 Å². The molecule has 0 saturated carbocycles. The molecule has 1 aromatic carbocycles. The minimum absolute atomic E-state index is 0.231. The Kier molecular flexibility index (Phi) is 7.10. The van der Waals surface area contributed by atoms with E-state index >= 15 is 0 Å². The molecule has 0 radical (unpaired) electrons.